The molecule has 0 saturated carbocycles. The Hall–Kier alpha value is -0.165. The van der Waals surface area contributed by atoms with Crippen LogP contribution >= 0.6 is 0 Å². The highest BCUT2D eigenvalue weighted by Gasteiger charge is 2.52. The largest absolute Gasteiger partial charge is 0.394 e. The Morgan fingerprint density at radius 2 is 2.17 bits per heavy atom. The summed E-state index contributed by atoms with van der Waals surface area (Å²) in [5.74, 6) is 0. The summed E-state index contributed by atoms with van der Waals surface area (Å²) in [5.41, 5.74) is -2.09. The molecule has 0 amide bonds. The number of alkyl halides is 1. The lowest BCUT2D eigenvalue weighted by Crippen LogP contribution is -2.50. The first-order valence-corrected chi connectivity index (χ1v) is 3.54. The van der Waals surface area contributed by atoms with Gasteiger partial charge in [-0.25, -0.2) is 4.39 Å². The van der Waals surface area contributed by atoms with E-state index in [-0.39, 0.29) is 0 Å². The van der Waals surface area contributed by atoms with Gasteiger partial charge in [0.2, 0.25) is 0 Å². The van der Waals surface area contributed by atoms with Crippen LogP contribution in [-0.2, 0) is 4.74 Å². The molecule has 2 radical (unpaired) electrons. The molecule has 0 aromatic heterocycles. The average Bonchev–Trinajstić information content (AvgIpc) is 2.30. The summed E-state index contributed by atoms with van der Waals surface area (Å²) in [7, 11) is 5.20. The lowest BCUT2D eigenvalue weighted by molar-refractivity contribution is -0.0734. The molecule has 12 heavy (non-hydrogen) atoms. The van der Waals surface area contributed by atoms with Gasteiger partial charge in [0, 0.05) is 0 Å². The summed E-state index contributed by atoms with van der Waals surface area (Å²) in [6.45, 7) is -1.71. The lowest BCUT2D eigenvalue weighted by atomic mass is 9.81. The summed E-state index contributed by atoms with van der Waals surface area (Å²) >= 11 is 0. The van der Waals surface area contributed by atoms with Gasteiger partial charge in [0.25, 0.3) is 0 Å². The summed E-state index contributed by atoms with van der Waals surface area (Å²) in [6.07, 6.45) is -2.50. The first-order valence-electron chi connectivity index (χ1n) is 3.54. The van der Waals surface area contributed by atoms with E-state index in [0.717, 1.165) is 0 Å². The van der Waals surface area contributed by atoms with Crippen molar-refractivity contribution in [1.82, 2.24) is 0 Å². The Labute approximate surface area is 70.4 Å². The number of rotatable bonds is 2. The fourth-order valence-corrected chi connectivity index (χ4v) is 1.17. The van der Waals surface area contributed by atoms with E-state index in [1.165, 1.54) is 0 Å². The number of hydrogen-bond donors (Lipinski definition) is 3. The van der Waals surface area contributed by atoms with Crippen molar-refractivity contribution in [2.24, 2.45) is 0 Å². The van der Waals surface area contributed by atoms with Crippen LogP contribution in [0.15, 0.2) is 0 Å². The molecular formula is C6H10BFO4. The van der Waals surface area contributed by atoms with Gasteiger partial charge in [-0.05, 0) is 0 Å². The third kappa shape index (κ3) is 1.24. The van der Waals surface area contributed by atoms with E-state index in [2.05, 4.69) is 0 Å². The topological polar surface area (TPSA) is 69.9 Å². The minimum Gasteiger partial charge on any atom is -0.394 e. The van der Waals surface area contributed by atoms with Crippen molar-refractivity contribution in [3.63, 3.8) is 0 Å². The van der Waals surface area contributed by atoms with Crippen LogP contribution in [0.2, 0.25) is 0 Å². The monoisotopic (exact) mass is 176 g/mol. The molecule has 68 valence electrons. The zero-order valence-electron chi connectivity index (χ0n) is 6.35. The van der Waals surface area contributed by atoms with Crippen molar-refractivity contribution in [2.75, 3.05) is 13.3 Å². The molecule has 1 aliphatic heterocycles. The zero-order chi connectivity index (χ0) is 9.35. The minimum absolute atomic E-state index is 0.503. The standard InChI is InChI=1S/C6H10BFO4/c7-5-6(11,2-8)4(10)3(1-9)12-5/h3-5,9-11H,1-2H2. The molecular weight excluding hydrogens is 166 g/mol. The number of aliphatic hydroxyl groups excluding tert-OH is 2. The van der Waals surface area contributed by atoms with Crippen molar-refractivity contribution in [3.8, 4) is 0 Å². The molecule has 4 atom stereocenters. The summed E-state index contributed by atoms with van der Waals surface area (Å²) in [4.78, 5) is 0. The van der Waals surface area contributed by atoms with E-state index in [4.69, 9.17) is 17.7 Å². The number of aliphatic hydroxyl groups is 3. The smallest absolute Gasteiger partial charge is 0.139 e. The fraction of sp³-hybridized carbons (Fsp3) is 1.00. The van der Waals surface area contributed by atoms with Crippen LogP contribution in [0.4, 0.5) is 4.39 Å². The second kappa shape index (κ2) is 3.29. The Morgan fingerprint density at radius 1 is 1.58 bits per heavy atom. The maximum absolute atomic E-state index is 12.2. The molecule has 0 aliphatic carbocycles. The van der Waals surface area contributed by atoms with Crippen LogP contribution in [0.25, 0.3) is 0 Å². The van der Waals surface area contributed by atoms with E-state index in [1.54, 1.807) is 0 Å². The van der Waals surface area contributed by atoms with Crippen molar-refractivity contribution in [2.45, 2.75) is 23.8 Å². The van der Waals surface area contributed by atoms with Gasteiger partial charge in [-0.1, -0.05) is 0 Å². The zero-order valence-corrected chi connectivity index (χ0v) is 6.35. The van der Waals surface area contributed by atoms with Crippen molar-refractivity contribution < 1.29 is 24.4 Å². The Balaban J connectivity index is 2.76. The summed E-state index contributed by atoms with van der Waals surface area (Å²) in [6, 6.07) is -1.30. The van der Waals surface area contributed by atoms with Gasteiger partial charge in [0.05, 0.1) is 12.6 Å². The Kier molecular flexibility index (Phi) is 2.72. The van der Waals surface area contributed by atoms with Crippen LogP contribution in [0, 0.1) is 0 Å². The maximum Gasteiger partial charge on any atom is 0.139 e. The lowest BCUT2D eigenvalue weighted by Gasteiger charge is -2.25. The molecule has 4 nitrogen and oxygen atoms in total. The fourth-order valence-electron chi connectivity index (χ4n) is 1.17. The van der Waals surface area contributed by atoms with Crippen LogP contribution in [-0.4, -0.2) is 60.3 Å². The minimum atomic E-state index is -2.09. The van der Waals surface area contributed by atoms with Gasteiger partial charge >= 0.3 is 0 Å². The van der Waals surface area contributed by atoms with Gasteiger partial charge in [-0.3, -0.25) is 0 Å². The third-order valence-electron chi connectivity index (χ3n) is 2.07. The second-order valence-corrected chi connectivity index (χ2v) is 2.85. The second-order valence-electron chi connectivity index (χ2n) is 2.85. The molecule has 6 heteroatoms. The number of ether oxygens (including phenoxy) is 1. The Morgan fingerprint density at radius 3 is 2.42 bits per heavy atom. The van der Waals surface area contributed by atoms with E-state index < -0.39 is 37.1 Å². The summed E-state index contributed by atoms with van der Waals surface area (Å²) in [5, 5.41) is 27.2. The van der Waals surface area contributed by atoms with Crippen molar-refractivity contribution in [1.29, 1.82) is 0 Å². The molecule has 1 heterocycles. The Bertz CT molecular complexity index is 170. The van der Waals surface area contributed by atoms with Crippen LogP contribution < -0.4 is 0 Å². The molecule has 0 aromatic rings. The molecule has 1 fully saturated rings. The third-order valence-corrected chi connectivity index (χ3v) is 2.07. The first kappa shape index (κ1) is 9.92. The van der Waals surface area contributed by atoms with Crippen molar-refractivity contribution in [3.05, 3.63) is 0 Å². The van der Waals surface area contributed by atoms with Gasteiger partial charge in [-0.15, -0.1) is 0 Å². The molecule has 0 bridgehead atoms. The van der Waals surface area contributed by atoms with Gasteiger partial charge in [-0.2, -0.15) is 0 Å². The number of hydrogen-bond acceptors (Lipinski definition) is 4. The predicted octanol–water partition coefficient (Wildman–Crippen LogP) is -2.07. The maximum atomic E-state index is 12.2. The highest BCUT2D eigenvalue weighted by molar-refractivity contribution is 6.12. The van der Waals surface area contributed by atoms with Crippen LogP contribution in [0.3, 0.4) is 0 Å². The van der Waals surface area contributed by atoms with Crippen LogP contribution in [0.1, 0.15) is 0 Å². The van der Waals surface area contributed by atoms with Crippen LogP contribution in [0.5, 0.6) is 0 Å². The van der Waals surface area contributed by atoms with E-state index >= 15 is 0 Å². The van der Waals surface area contributed by atoms with Crippen molar-refractivity contribution >= 4 is 7.85 Å². The average molecular weight is 176 g/mol. The quantitative estimate of drug-likeness (QED) is 0.423. The SMILES string of the molecule is [B]C1OC(CO)C(O)C1(O)CF. The molecule has 1 rings (SSSR count). The molecule has 1 saturated heterocycles. The highest BCUT2D eigenvalue weighted by atomic mass is 19.1. The van der Waals surface area contributed by atoms with Gasteiger partial charge in [0.1, 0.15) is 32.3 Å². The normalized spacial score (nSPS) is 48.2. The molecule has 3 N–H and O–H groups in total. The first-order chi connectivity index (χ1) is 5.56. The van der Waals surface area contributed by atoms with Gasteiger partial charge < -0.3 is 20.1 Å². The van der Waals surface area contributed by atoms with E-state index in [0.29, 0.717) is 0 Å². The summed E-state index contributed by atoms with van der Waals surface area (Å²) < 4.78 is 17.0. The van der Waals surface area contributed by atoms with Gasteiger partial charge in [0.15, 0.2) is 0 Å². The molecule has 4 unspecified atom stereocenters. The van der Waals surface area contributed by atoms with E-state index in [1.807, 2.05) is 0 Å². The predicted molar refractivity (Wildman–Crippen MR) is 38.4 cm³/mol. The number of halogens is 1. The molecule has 0 spiro atoms. The highest BCUT2D eigenvalue weighted by Crippen LogP contribution is 2.29. The molecule has 0 aromatic carbocycles. The van der Waals surface area contributed by atoms with E-state index in [9.17, 15) is 14.6 Å². The molecule has 1 aliphatic rings.